The minimum absolute atomic E-state index is 0.460. The van der Waals surface area contributed by atoms with Crippen molar-refractivity contribution in [3.63, 3.8) is 0 Å². The number of hydrogen-bond acceptors (Lipinski definition) is 3. The maximum absolute atomic E-state index is 12.2. The van der Waals surface area contributed by atoms with Gasteiger partial charge in [0.25, 0.3) is 0 Å². The summed E-state index contributed by atoms with van der Waals surface area (Å²) in [6, 6.07) is 32.4. The van der Waals surface area contributed by atoms with Crippen molar-refractivity contribution in [3.8, 4) is 11.5 Å². The van der Waals surface area contributed by atoms with Crippen LogP contribution in [-0.4, -0.2) is 6.16 Å². The molecule has 0 N–H and O–H groups in total. The Morgan fingerprint density at radius 3 is 1.03 bits per heavy atom. The molecule has 34 heavy (non-hydrogen) atoms. The molecule has 3 heteroatoms. The van der Waals surface area contributed by atoms with Gasteiger partial charge in [0.2, 0.25) is 0 Å². The van der Waals surface area contributed by atoms with Crippen LogP contribution in [0.2, 0.25) is 0 Å². The lowest BCUT2D eigenvalue weighted by molar-refractivity contribution is 0.152. The molecule has 4 rings (SSSR count). The summed E-state index contributed by atoms with van der Waals surface area (Å²) in [7, 11) is 0. The largest absolute Gasteiger partial charge is 0.519 e. The van der Waals surface area contributed by atoms with Crippen molar-refractivity contribution < 1.29 is 14.3 Å². The second-order valence-electron chi connectivity index (χ2n) is 8.44. The van der Waals surface area contributed by atoms with E-state index in [1.54, 1.807) is 24.3 Å². The van der Waals surface area contributed by atoms with Gasteiger partial charge in [0.1, 0.15) is 11.5 Å². The summed E-state index contributed by atoms with van der Waals surface area (Å²) < 4.78 is 10.7. The molecule has 0 bridgehead atoms. The van der Waals surface area contributed by atoms with Crippen LogP contribution in [-0.2, 0) is 25.7 Å². The molecule has 0 fully saturated rings. The summed E-state index contributed by atoms with van der Waals surface area (Å²) in [5.41, 5.74) is 7.50. The van der Waals surface area contributed by atoms with Gasteiger partial charge < -0.3 is 9.47 Å². The first kappa shape index (κ1) is 23.3. The zero-order valence-corrected chi connectivity index (χ0v) is 19.8. The summed E-state index contributed by atoms with van der Waals surface area (Å²) in [5, 5.41) is 0. The number of rotatable bonds is 8. The minimum Gasteiger partial charge on any atom is -0.395 e. The highest BCUT2D eigenvalue weighted by molar-refractivity contribution is 5.67. The third-order valence-electron chi connectivity index (χ3n) is 5.93. The van der Waals surface area contributed by atoms with Crippen molar-refractivity contribution in [2.75, 3.05) is 0 Å². The van der Waals surface area contributed by atoms with E-state index in [1.165, 1.54) is 22.3 Å². The number of benzene rings is 4. The van der Waals surface area contributed by atoms with Crippen LogP contribution in [0, 0.1) is 0 Å². The van der Waals surface area contributed by atoms with E-state index in [4.69, 9.17) is 9.47 Å². The van der Waals surface area contributed by atoms with Crippen molar-refractivity contribution in [3.05, 3.63) is 130 Å². The summed E-state index contributed by atoms with van der Waals surface area (Å²) in [6.45, 7) is 4.31. The van der Waals surface area contributed by atoms with Crippen molar-refractivity contribution in [2.24, 2.45) is 0 Å². The lowest BCUT2D eigenvalue weighted by atomic mass is 10.0. The Morgan fingerprint density at radius 1 is 0.471 bits per heavy atom. The van der Waals surface area contributed by atoms with Crippen molar-refractivity contribution in [1.29, 1.82) is 0 Å². The predicted molar refractivity (Wildman–Crippen MR) is 137 cm³/mol. The highest BCUT2D eigenvalue weighted by atomic mass is 16.7. The molecule has 0 aliphatic heterocycles. The SMILES string of the molecule is CCc1ccc(Cc2ccc(OC(=O)Oc3ccc(Cc4ccc(CC)cc4)cc3)cc2)cc1. The fraction of sp³-hybridized carbons (Fsp3) is 0.194. The van der Waals surface area contributed by atoms with Gasteiger partial charge in [-0.05, 0) is 83.3 Å². The summed E-state index contributed by atoms with van der Waals surface area (Å²) in [4.78, 5) is 12.2. The van der Waals surface area contributed by atoms with Gasteiger partial charge in [-0.2, -0.15) is 0 Å². The van der Waals surface area contributed by atoms with Crippen LogP contribution in [0.3, 0.4) is 0 Å². The molecule has 0 unspecified atom stereocenters. The van der Waals surface area contributed by atoms with Gasteiger partial charge in [-0.3, -0.25) is 0 Å². The average molecular weight is 451 g/mol. The topological polar surface area (TPSA) is 35.5 Å². The molecule has 0 spiro atoms. The molecule has 0 aliphatic rings. The quantitative estimate of drug-likeness (QED) is 0.205. The Morgan fingerprint density at radius 2 is 0.735 bits per heavy atom. The van der Waals surface area contributed by atoms with Crippen molar-refractivity contribution in [2.45, 2.75) is 39.5 Å². The molecule has 0 saturated heterocycles. The highest BCUT2D eigenvalue weighted by Crippen LogP contribution is 2.19. The second-order valence-corrected chi connectivity index (χ2v) is 8.44. The van der Waals surface area contributed by atoms with E-state index in [1.807, 2.05) is 24.3 Å². The van der Waals surface area contributed by atoms with Crippen LogP contribution in [0.15, 0.2) is 97.1 Å². The number of aryl methyl sites for hydroxylation is 2. The molecule has 4 aromatic carbocycles. The van der Waals surface area contributed by atoms with E-state index in [0.717, 1.165) is 36.8 Å². The van der Waals surface area contributed by atoms with Gasteiger partial charge in [-0.25, -0.2) is 4.79 Å². The summed E-state index contributed by atoms with van der Waals surface area (Å²) >= 11 is 0. The van der Waals surface area contributed by atoms with Gasteiger partial charge >= 0.3 is 6.16 Å². The number of carbonyl (C=O) groups is 1. The number of carbonyl (C=O) groups excluding carboxylic acids is 1. The summed E-state index contributed by atoms with van der Waals surface area (Å²) in [5.74, 6) is 0.921. The molecule has 0 atom stereocenters. The van der Waals surface area contributed by atoms with Gasteiger partial charge in [-0.15, -0.1) is 0 Å². The smallest absolute Gasteiger partial charge is 0.395 e. The fourth-order valence-corrected chi connectivity index (χ4v) is 3.82. The Bertz CT molecular complexity index is 1090. The third-order valence-corrected chi connectivity index (χ3v) is 5.93. The molecular weight excluding hydrogens is 420 g/mol. The Hall–Kier alpha value is -3.85. The maximum atomic E-state index is 12.2. The minimum atomic E-state index is -0.745. The van der Waals surface area contributed by atoms with Crippen LogP contribution < -0.4 is 9.47 Å². The number of ether oxygens (including phenoxy) is 2. The molecule has 3 nitrogen and oxygen atoms in total. The molecule has 0 amide bonds. The second kappa shape index (κ2) is 11.3. The highest BCUT2D eigenvalue weighted by Gasteiger charge is 2.09. The lowest BCUT2D eigenvalue weighted by Crippen LogP contribution is -2.13. The molecular formula is C31H30O3. The molecule has 0 radical (unpaired) electrons. The first-order chi connectivity index (χ1) is 16.6. The normalized spacial score (nSPS) is 10.6. The van der Waals surface area contributed by atoms with Gasteiger partial charge in [0.05, 0.1) is 0 Å². The van der Waals surface area contributed by atoms with Crippen molar-refractivity contribution in [1.82, 2.24) is 0 Å². The third kappa shape index (κ3) is 6.58. The van der Waals surface area contributed by atoms with E-state index in [2.05, 4.69) is 62.4 Å². The van der Waals surface area contributed by atoms with Gasteiger partial charge in [0, 0.05) is 0 Å². The standard InChI is InChI=1S/C31H30O3/c1-3-23-5-9-25(10-6-23)21-27-13-17-29(18-14-27)33-31(32)34-30-19-15-28(16-20-30)22-26-11-7-24(4-2)8-12-26/h5-20H,3-4,21-22H2,1-2H3. The van der Waals surface area contributed by atoms with Crippen LogP contribution in [0.5, 0.6) is 11.5 Å². The fourth-order valence-electron chi connectivity index (χ4n) is 3.82. The van der Waals surface area contributed by atoms with E-state index in [-0.39, 0.29) is 0 Å². The van der Waals surface area contributed by atoms with Gasteiger partial charge in [0.15, 0.2) is 0 Å². The molecule has 0 saturated carbocycles. The molecule has 0 heterocycles. The van der Waals surface area contributed by atoms with Crippen LogP contribution in [0.25, 0.3) is 0 Å². The summed E-state index contributed by atoms with van der Waals surface area (Å²) in [6.07, 6.45) is 3.01. The zero-order chi connectivity index (χ0) is 23.8. The van der Waals surface area contributed by atoms with E-state index in [9.17, 15) is 4.79 Å². The van der Waals surface area contributed by atoms with Crippen LogP contribution >= 0.6 is 0 Å². The molecule has 0 aliphatic carbocycles. The van der Waals surface area contributed by atoms with E-state index < -0.39 is 6.16 Å². The maximum Gasteiger partial charge on any atom is 0.519 e. The average Bonchev–Trinajstić information content (AvgIpc) is 2.87. The van der Waals surface area contributed by atoms with Crippen LogP contribution in [0.4, 0.5) is 4.79 Å². The predicted octanol–water partition coefficient (Wildman–Crippen LogP) is 7.57. The Balaban J connectivity index is 1.27. The van der Waals surface area contributed by atoms with E-state index >= 15 is 0 Å². The first-order valence-corrected chi connectivity index (χ1v) is 11.8. The first-order valence-electron chi connectivity index (χ1n) is 11.8. The van der Waals surface area contributed by atoms with Crippen molar-refractivity contribution >= 4 is 6.16 Å². The number of hydrogen-bond donors (Lipinski definition) is 0. The Labute approximate surface area is 202 Å². The molecule has 4 aromatic rings. The molecule has 172 valence electrons. The monoisotopic (exact) mass is 450 g/mol. The zero-order valence-electron chi connectivity index (χ0n) is 19.8. The van der Waals surface area contributed by atoms with Crippen LogP contribution in [0.1, 0.15) is 47.2 Å². The molecule has 0 aromatic heterocycles. The lowest BCUT2D eigenvalue weighted by Gasteiger charge is -2.08. The van der Waals surface area contributed by atoms with E-state index in [0.29, 0.717) is 11.5 Å². The Kier molecular flexibility index (Phi) is 7.77. The van der Waals surface area contributed by atoms with Gasteiger partial charge in [-0.1, -0.05) is 86.6 Å².